The van der Waals surface area contributed by atoms with Gasteiger partial charge in [0.05, 0.1) is 0 Å². The summed E-state index contributed by atoms with van der Waals surface area (Å²) in [6, 6.07) is 0. The summed E-state index contributed by atoms with van der Waals surface area (Å²) in [4.78, 5) is 13.6. The molecule has 2 rings (SSSR count). The minimum Gasteiger partial charge on any atom is -0.340 e. The Morgan fingerprint density at radius 3 is 2.54 bits per heavy atom. The van der Waals surface area contributed by atoms with Crippen molar-refractivity contribution in [2.75, 3.05) is 26.2 Å². The van der Waals surface area contributed by atoms with E-state index in [4.69, 9.17) is 5.73 Å². The van der Waals surface area contributed by atoms with Gasteiger partial charge in [0, 0.05) is 38.1 Å². The Morgan fingerprint density at radius 2 is 2.00 bits per heavy atom. The largest absolute Gasteiger partial charge is 0.340 e. The zero-order valence-corrected chi connectivity index (χ0v) is 7.88. The lowest BCUT2D eigenvalue weighted by Crippen LogP contribution is -2.48. The molecule has 74 valence electrons. The van der Waals surface area contributed by atoms with Crippen LogP contribution in [0.25, 0.3) is 0 Å². The predicted octanol–water partition coefficient (Wildman–Crippen LogP) is -0.700. The molecule has 0 aromatic rings. The lowest BCUT2D eigenvalue weighted by Gasteiger charge is -2.28. The summed E-state index contributed by atoms with van der Waals surface area (Å²) in [5.74, 6) is 0.238. The molecule has 1 aliphatic heterocycles. The Kier molecular flexibility index (Phi) is 2.26. The first kappa shape index (κ1) is 8.97. The van der Waals surface area contributed by atoms with Gasteiger partial charge in [0.1, 0.15) is 0 Å². The Balaban J connectivity index is 1.81. The first-order valence-electron chi connectivity index (χ1n) is 4.97. The van der Waals surface area contributed by atoms with Crippen LogP contribution in [0.15, 0.2) is 0 Å². The topological polar surface area (TPSA) is 58.4 Å². The van der Waals surface area contributed by atoms with Crippen LogP contribution < -0.4 is 11.1 Å². The van der Waals surface area contributed by atoms with Gasteiger partial charge in [0.25, 0.3) is 0 Å². The maximum atomic E-state index is 11.7. The number of nitrogens with zero attached hydrogens (tertiary/aromatic N) is 1. The molecule has 1 heterocycles. The molecule has 0 bridgehead atoms. The van der Waals surface area contributed by atoms with Crippen molar-refractivity contribution < 1.29 is 4.79 Å². The summed E-state index contributed by atoms with van der Waals surface area (Å²) in [5, 5.41) is 3.22. The zero-order chi connectivity index (χ0) is 9.31. The van der Waals surface area contributed by atoms with Gasteiger partial charge in [-0.2, -0.15) is 0 Å². The van der Waals surface area contributed by atoms with Crippen LogP contribution in [0, 0.1) is 0 Å². The van der Waals surface area contributed by atoms with Gasteiger partial charge >= 0.3 is 0 Å². The molecule has 4 nitrogen and oxygen atoms in total. The Hall–Kier alpha value is -0.610. The van der Waals surface area contributed by atoms with E-state index in [1.54, 1.807) is 0 Å². The van der Waals surface area contributed by atoms with Crippen molar-refractivity contribution in [3.8, 4) is 0 Å². The lowest BCUT2D eigenvalue weighted by atomic mass is 10.1. The molecule has 2 aliphatic rings. The second-order valence-corrected chi connectivity index (χ2v) is 4.17. The van der Waals surface area contributed by atoms with E-state index in [0.717, 1.165) is 39.0 Å². The number of piperazine rings is 1. The second-order valence-electron chi connectivity index (χ2n) is 4.17. The van der Waals surface area contributed by atoms with E-state index in [9.17, 15) is 4.79 Å². The highest BCUT2D eigenvalue weighted by atomic mass is 16.2. The minimum absolute atomic E-state index is 0.137. The molecule has 0 radical (unpaired) electrons. The van der Waals surface area contributed by atoms with Crippen LogP contribution in [0.2, 0.25) is 0 Å². The van der Waals surface area contributed by atoms with Crippen LogP contribution >= 0.6 is 0 Å². The van der Waals surface area contributed by atoms with Crippen molar-refractivity contribution in [1.82, 2.24) is 10.2 Å². The van der Waals surface area contributed by atoms with Crippen LogP contribution in [0.4, 0.5) is 0 Å². The Labute approximate surface area is 78.5 Å². The summed E-state index contributed by atoms with van der Waals surface area (Å²) in [6.45, 7) is 3.52. The Morgan fingerprint density at radius 1 is 1.38 bits per heavy atom. The number of hydrogen-bond donors (Lipinski definition) is 2. The average Bonchev–Trinajstić information content (AvgIpc) is 2.85. The first-order chi connectivity index (χ1) is 6.20. The fraction of sp³-hybridized carbons (Fsp3) is 0.889. The highest BCUT2D eigenvalue weighted by molar-refractivity contribution is 5.78. The molecule has 4 heteroatoms. The number of carbonyl (C=O) groups excluding carboxylic acids is 1. The van der Waals surface area contributed by atoms with E-state index in [0.29, 0.717) is 6.42 Å². The first-order valence-corrected chi connectivity index (χ1v) is 4.97. The molecule has 0 aromatic heterocycles. The molecule has 0 spiro atoms. The molecule has 0 atom stereocenters. The molecule has 1 saturated heterocycles. The fourth-order valence-corrected chi connectivity index (χ4v) is 1.66. The van der Waals surface area contributed by atoms with E-state index in [-0.39, 0.29) is 11.4 Å². The average molecular weight is 183 g/mol. The second kappa shape index (κ2) is 3.27. The van der Waals surface area contributed by atoms with Crippen molar-refractivity contribution in [3.63, 3.8) is 0 Å². The van der Waals surface area contributed by atoms with Crippen LogP contribution in [-0.2, 0) is 4.79 Å². The molecule has 1 saturated carbocycles. The van der Waals surface area contributed by atoms with Crippen molar-refractivity contribution >= 4 is 5.91 Å². The third kappa shape index (κ3) is 2.19. The van der Waals surface area contributed by atoms with Crippen LogP contribution in [-0.4, -0.2) is 42.5 Å². The number of nitrogens with one attached hydrogen (secondary N) is 1. The van der Waals surface area contributed by atoms with Gasteiger partial charge < -0.3 is 16.0 Å². The maximum Gasteiger partial charge on any atom is 0.224 e. The van der Waals surface area contributed by atoms with E-state index in [2.05, 4.69) is 5.32 Å². The van der Waals surface area contributed by atoms with E-state index < -0.39 is 0 Å². The minimum atomic E-state index is -0.137. The highest BCUT2D eigenvalue weighted by Crippen LogP contribution is 2.35. The van der Waals surface area contributed by atoms with Crippen molar-refractivity contribution in [1.29, 1.82) is 0 Å². The van der Waals surface area contributed by atoms with Crippen LogP contribution in [0.5, 0.6) is 0 Å². The van der Waals surface area contributed by atoms with Crippen molar-refractivity contribution in [2.24, 2.45) is 5.73 Å². The lowest BCUT2D eigenvalue weighted by molar-refractivity contribution is -0.132. The standard InChI is InChI=1S/C9H17N3O/c10-9(1-2-9)7-8(13)12-5-3-11-4-6-12/h11H,1-7,10H2. The van der Waals surface area contributed by atoms with E-state index in [1.807, 2.05) is 4.90 Å². The molecular weight excluding hydrogens is 166 g/mol. The van der Waals surface area contributed by atoms with Gasteiger partial charge in [-0.1, -0.05) is 0 Å². The van der Waals surface area contributed by atoms with Gasteiger partial charge in [-0.15, -0.1) is 0 Å². The summed E-state index contributed by atoms with van der Waals surface area (Å²) in [7, 11) is 0. The molecular formula is C9H17N3O. The quantitative estimate of drug-likeness (QED) is 0.595. The monoisotopic (exact) mass is 183 g/mol. The Bertz CT molecular complexity index is 207. The van der Waals surface area contributed by atoms with Gasteiger partial charge in [-0.05, 0) is 12.8 Å². The SMILES string of the molecule is NC1(CC(=O)N2CCNCC2)CC1. The van der Waals surface area contributed by atoms with Crippen LogP contribution in [0.3, 0.4) is 0 Å². The number of amides is 1. The molecule has 3 N–H and O–H groups in total. The molecule has 1 aliphatic carbocycles. The summed E-state index contributed by atoms with van der Waals surface area (Å²) in [5.41, 5.74) is 5.75. The molecule has 0 aromatic carbocycles. The number of carbonyl (C=O) groups is 1. The summed E-state index contributed by atoms with van der Waals surface area (Å²) < 4.78 is 0. The van der Waals surface area contributed by atoms with Gasteiger partial charge in [0.15, 0.2) is 0 Å². The zero-order valence-electron chi connectivity index (χ0n) is 7.88. The van der Waals surface area contributed by atoms with Gasteiger partial charge in [-0.3, -0.25) is 4.79 Å². The molecule has 1 amide bonds. The van der Waals surface area contributed by atoms with Gasteiger partial charge in [-0.25, -0.2) is 0 Å². The van der Waals surface area contributed by atoms with E-state index >= 15 is 0 Å². The molecule has 13 heavy (non-hydrogen) atoms. The predicted molar refractivity (Wildman–Crippen MR) is 50.2 cm³/mol. The van der Waals surface area contributed by atoms with E-state index in [1.165, 1.54) is 0 Å². The van der Waals surface area contributed by atoms with Gasteiger partial charge in [0.2, 0.25) is 5.91 Å². The highest BCUT2D eigenvalue weighted by Gasteiger charge is 2.41. The van der Waals surface area contributed by atoms with Crippen molar-refractivity contribution in [2.45, 2.75) is 24.8 Å². The smallest absolute Gasteiger partial charge is 0.224 e. The normalized spacial score (nSPS) is 25.8. The summed E-state index contributed by atoms with van der Waals surface area (Å²) >= 11 is 0. The summed E-state index contributed by atoms with van der Waals surface area (Å²) in [6.07, 6.45) is 2.59. The van der Waals surface area contributed by atoms with Crippen molar-refractivity contribution in [3.05, 3.63) is 0 Å². The number of hydrogen-bond acceptors (Lipinski definition) is 3. The molecule has 0 unspecified atom stereocenters. The maximum absolute atomic E-state index is 11.7. The number of nitrogens with two attached hydrogens (primary N) is 1. The molecule has 2 fully saturated rings. The third-order valence-corrected chi connectivity index (χ3v) is 2.87. The van der Waals surface area contributed by atoms with Crippen LogP contribution in [0.1, 0.15) is 19.3 Å². The third-order valence-electron chi connectivity index (χ3n) is 2.87. The number of rotatable bonds is 2. The fourth-order valence-electron chi connectivity index (χ4n) is 1.66.